The lowest BCUT2D eigenvalue weighted by molar-refractivity contribution is -0.142. The van der Waals surface area contributed by atoms with Gasteiger partial charge in [-0.05, 0) is 11.6 Å². The second-order valence-corrected chi connectivity index (χ2v) is 5.07. The van der Waals surface area contributed by atoms with Gasteiger partial charge in [-0.3, -0.25) is 0 Å². The molecule has 25 heavy (non-hydrogen) atoms. The maximum absolute atomic E-state index is 11.8. The quantitative estimate of drug-likeness (QED) is 0.695. The molecule has 0 saturated heterocycles. The molecule has 1 heterocycles. The van der Waals surface area contributed by atoms with Crippen molar-refractivity contribution in [2.45, 2.75) is 18.8 Å². The van der Waals surface area contributed by atoms with Gasteiger partial charge >= 0.3 is 12.1 Å². The summed E-state index contributed by atoms with van der Waals surface area (Å²) in [5.41, 5.74) is 0.801. The van der Waals surface area contributed by atoms with Crippen LogP contribution in [0.3, 0.4) is 0 Å². The van der Waals surface area contributed by atoms with Crippen molar-refractivity contribution in [1.82, 2.24) is 10.3 Å². The van der Waals surface area contributed by atoms with Gasteiger partial charge in [-0.2, -0.15) is 0 Å². The highest BCUT2D eigenvalue weighted by atomic mass is 16.5. The molecule has 2 aromatic rings. The summed E-state index contributed by atoms with van der Waals surface area (Å²) in [6.07, 6.45) is -2.53. The molecule has 1 aromatic carbocycles. The number of carboxylic acids is 1. The molecular formula is C17H18N2O6. The van der Waals surface area contributed by atoms with Crippen molar-refractivity contribution in [3.05, 3.63) is 59.8 Å². The van der Waals surface area contributed by atoms with Gasteiger partial charge in [0.1, 0.15) is 12.7 Å². The van der Waals surface area contributed by atoms with Crippen LogP contribution in [0.5, 0.6) is 5.88 Å². The molecule has 0 bridgehead atoms. The number of carbonyl (C=O) groups is 2. The number of rotatable bonds is 7. The Morgan fingerprint density at radius 3 is 2.52 bits per heavy atom. The molecule has 0 saturated carbocycles. The number of hydrogen-bond acceptors (Lipinski definition) is 6. The van der Waals surface area contributed by atoms with Crippen molar-refractivity contribution in [2.75, 3.05) is 7.11 Å². The Balaban J connectivity index is 2.01. The number of alkyl carbamates (subject to hydrolysis) is 1. The average Bonchev–Trinajstić information content (AvgIpc) is 2.64. The number of hydrogen-bond donors (Lipinski definition) is 3. The fourth-order valence-corrected chi connectivity index (χ4v) is 2.05. The third kappa shape index (κ3) is 5.18. The number of pyridine rings is 1. The highest BCUT2D eigenvalue weighted by molar-refractivity contribution is 5.80. The molecule has 8 heteroatoms. The lowest BCUT2D eigenvalue weighted by Crippen LogP contribution is -2.45. The SMILES string of the molecule is COc1cccc([C@H](O)[C@@H](NC(=O)OCc2ccccc2)C(=O)O)n1. The van der Waals surface area contributed by atoms with Crippen molar-refractivity contribution in [3.63, 3.8) is 0 Å². The van der Waals surface area contributed by atoms with Crippen LogP contribution in [0.1, 0.15) is 17.4 Å². The Hall–Kier alpha value is -3.13. The maximum atomic E-state index is 11.8. The summed E-state index contributed by atoms with van der Waals surface area (Å²) in [4.78, 5) is 27.2. The van der Waals surface area contributed by atoms with Crippen molar-refractivity contribution in [2.24, 2.45) is 0 Å². The van der Waals surface area contributed by atoms with Crippen molar-refractivity contribution in [3.8, 4) is 5.88 Å². The van der Waals surface area contributed by atoms with Crippen LogP contribution in [0.2, 0.25) is 0 Å². The average molecular weight is 346 g/mol. The number of methoxy groups -OCH3 is 1. The zero-order valence-electron chi connectivity index (χ0n) is 13.5. The van der Waals surface area contributed by atoms with Crippen LogP contribution in [0, 0.1) is 0 Å². The van der Waals surface area contributed by atoms with Gasteiger partial charge in [0.05, 0.1) is 12.8 Å². The van der Waals surface area contributed by atoms with E-state index in [9.17, 15) is 19.8 Å². The Kier molecular flexibility index (Phi) is 6.30. The molecule has 1 amide bonds. The van der Waals surface area contributed by atoms with Crippen LogP contribution in [0.25, 0.3) is 0 Å². The summed E-state index contributed by atoms with van der Waals surface area (Å²) in [6.45, 7) is -0.0213. The van der Waals surface area contributed by atoms with E-state index in [1.807, 2.05) is 6.07 Å². The van der Waals surface area contributed by atoms with E-state index in [0.717, 1.165) is 5.56 Å². The van der Waals surface area contributed by atoms with Gasteiger partial charge in [0, 0.05) is 6.07 Å². The van der Waals surface area contributed by atoms with E-state index >= 15 is 0 Å². The molecule has 0 aliphatic rings. The molecule has 0 aliphatic heterocycles. The molecule has 0 fully saturated rings. The number of carboxylic acid groups (broad SMARTS) is 1. The van der Waals surface area contributed by atoms with Crippen molar-refractivity contribution in [1.29, 1.82) is 0 Å². The summed E-state index contributed by atoms with van der Waals surface area (Å²) in [5, 5.41) is 21.6. The maximum Gasteiger partial charge on any atom is 0.408 e. The smallest absolute Gasteiger partial charge is 0.408 e. The molecule has 0 unspecified atom stereocenters. The molecule has 8 nitrogen and oxygen atoms in total. The Labute approximate surface area is 144 Å². The van der Waals surface area contributed by atoms with Crippen LogP contribution in [0.15, 0.2) is 48.5 Å². The second kappa shape index (κ2) is 8.65. The standard InChI is InChI=1S/C17H18N2O6/c1-24-13-9-5-8-12(18-13)15(20)14(16(21)22)19-17(23)25-10-11-6-3-2-4-7-11/h2-9,14-15,20H,10H2,1H3,(H,19,23)(H,21,22)/t14-,15+/m1/s1. The van der Waals surface area contributed by atoms with Gasteiger partial charge in [0.15, 0.2) is 6.04 Å². The first-order chi connectivity index (χ1) is 12.0. The van der Waals surface area contributed by atoms with Gasteiger partial charge in [-0.15, -0.1) is 0 Å². The van der Waals surface area contributed by atoms with Crippen LogP contribution in [-0.2, 0) is 16.1 Å². The van der Waals surface area contributed by atoms with E-state index < -0.39 is 24.2 Å². The summed E-state index contributed by atoms with van der Waals surface area (Å²) < 4.78 is 9.90. The molecular weight excluding hydrogens is 328 g/mol. The first-order valence-electron chi connectivity index (χ1n) is 7.40. The summed E-state index contributed by atoms with van der Waals surface area (Å²) >= 11 is 0. The number of aliphatic carboxylic acids is 1. The number of aromatic nitrogens is 1. The number of carbonyl (C=O) groups excluding carboxylic acids is 1. The van der Waals surface area contributed by atoms with Crippen LogP contribution < -0.4 is 10.1 Å². The Bertz CT molecular complexity index is 722. The van der Waals surface area contributed by atoms with Crippen LogP contribution in [-0.4, -0.2) is 40.4 Å². The molecule has 3 N–H and O–H groups in total. The molecule has 2 rings (SSSR count). The second-order valence-electron chi connectivity index (χ2n) is 5.07. The number of nitrogens with one attached hydrogen (secondary N) is 1. The number of ether oxygens (including phenoxy) is 2. The normalized spacial score (nSPS) is 12.7. The third-order valence-electron chi connectivity index (χ3n) is 3.33. The largest absolute Gasteiger partial charge is 0.481 e. The Morgan fingerprint density at radius 2 is 1.88 bits per heavy atom. The van der Waals surface area contributed by atoms with E-state index in [-0.39, 0.29) is 18.2 Å². The zero-order valence-corrected chi connectivity index (χ0v) is 13.5. The van der Waals surface area contributed by atoms with Crippen LogP contribution >= 0.6 is 0 Å². The van der Waals surface area contributed by atoms with Crippen LogP contribution in [0.4, 0.5) is 4.79 Å². The number of aliphatic hydroxyl groups is 1. The first-order valence-corrected chi connectivity index (χ1v) is 7.40. The topological polar surface area (TPSA) is 118 Å². The number of nitrogens with zero attached hydrogens (tertiary/aromatic N) is 1. The van der Waals surface area contributed by atoms with Gasteiger partial charge in [-0.1, -0.05) is 36.4 Å². The fraction of sp³-hybridized carbons (Fsp3) is 0.235. The lowest BCUT2D eigenvalue weighted by Gasteiger charge is -2.20. The van der Waals surface area contributed by atoms with Gasteiger partial charge < -0.3 is 25.0 Å². The molecule has 132 valence electrons. The fourth-order valence-electron chi connectivity index (χ4n) is 2.05. The number of benzene rings is 1. The minimum atomic E-state index is -1.62. The summed E-state index contributed by atoms with van der Waals surface area (Å²) in [6, 6.07) is 11.8. The molecule has 0 aliphatic carbocycles. The predicted molar refractivity (Wildman–Crippen MR) is 86.9 cm³/mol. The van der Waals surface area contributed by atoms with Gasteiger partial charge in [-0.25, -0.2) is 14.6 Å². The first kappa shape index (κ1) is 18.2. The minimum Gasteiger partial charge on any atom is -0.481 e. The summed E-state index contributed by atoms with van der Waals surface area (Å²) in [5.74, 6) is -1.21. The van der Waals surface area contributed by atoms with Crippen molar-refractivity contribution < 1.29 is 29.3 Å². The van der Waals surface area contributed by atoms with E-state index in [0.29, 0.717) is 0 Å². The zero-order chi connectivity index (χ0) is 18.2. The van der Waals surface area contributed by atoms with E-state index in [1.165, 1.54) is 13.2 Å². The molecule has 2 atom stereocenters. The number of aliphatic hydroxyl groups excluding tert-OH is 1. The van der Waals surface area contributed by atoms with Crippen molar-refractivity contribution >= 4 is 12.1 Å². The minimum absolute atomic E-state index is 0.0213. The van der Waals surface area contributed by atoms with E-state index in [1.54, 1.807) is 36.4 Å². The molecule has 0 spiro atoms. The number of amides is 1. The summed E-state index contributed by atoms with van der Waals surface area (Å²) in [7, 11) is 1.40. The Morgan fingerprint density at radius 1 is 1.16 bits per heavy atom. The van der Waals surface area contributed by atoms with Gasteiger partial charge in [0.2, 0.25) is 5.88 Å². The monoisotopic (exact) mass is 346 g/mol. The molecule has 0 radical (unpaired) electrons. The lowest BCUT2D eigenvalue weighted by atomic mass is 10.1. The predicted octanol–water partition coefficient (Wildman–Crippen LogP) is 1.50. The molecule has 1 aromatic heterocycles. The van der Waals surface area contributed by atoms with Gasteiger partial charge in [0.25, 0.3) is 0 Å². The van der Waals surface area contributed by atoms with E-state index in [4.69, 9.17) is 9.47 Å². The third-order valence-corrected chi connectivity index (χ3v) is 3.33. The van der Waals surface area contributed by atoms with E-state index in [2.05, 4.69) is 10.3 Å². The highest BCUT2D eigenvalue weighted by Gasteiger charge is 2.31. The highest BCUT2D eigenvalue weighted by Crippen LogP contribution is 2.18.